The molecule has 0 aromatic carbocycles. The zero-order chi connectivity index (χ0) is 14.0. The molecule has 0 spiro atoms. The van der Waals surface area contributed by atoms with Crippen molar-refractivity contribution in [1.82, 2.24) is 19.7 Å². The van der Waals surface area contributed by atoms with Crippen molar-refractivity contribution in [1.29, 1.82) is 0 Å². The fraction of sp³-hybridized carbons (Fsp3) is 0.273. The number of hydrogen-bond donors (Lipinski definition) is 1. The van der Waals surface area contributed by atoms with Gasteiger partial charge in [0.15, 0.2) is 11.5 Å². The Morgan fingerprint density at radius 3 is 2.74 bits per heavy atom. The van der Waals surface area contributed by atoms with Crippen molar-refractivity contribution in [3.63, 3.8) is 0 Å². The number of anilines is 1. The van der Waals surface area contributed by atoms with E-state index in [9.17, 15) is 4.79 Å². The summed E-state index contributed by atoms with van der Waals surface area (Å²) in [6.45, 7) is 1.78. The van der Waals surface area contributed by atoms with E-state index in [1.54, 1.807) is 6.92 Å². The summed E-state index contributed by atoms with van der Waals surface area (Å²) in [6.07, 6.45) is 2.83. The minimum atomic E-state index is -0.602. The predicted molar refractivity (Wildman–Crippen MR) is 66.2 cm³/mol. The number of carbonyl (C=O) groups is 1. The fourth-order valence-electron chi connectivity index (χ4n) is 1.61. The maximum atomic E-state index is 11.5. The molecule has 8 heteroatoms. The van der Waals surface area contributed by atoms with Gasteiger partial charge in [-0.15, -0.1) is 0 Å². The highest BCUT2D eigenvalue weighted by Gasteiger charge is 2.18. The van der Waals surface area contributed by atoms with E-state index < -0.39 is 5.97 Å². The van der Waals surface area contributed by atoms with Crippen molar-refractivity contribution in [3.8, 4) is 11.7 Å². The van der Waals surface area contributed by atoms with Crippen molar-refractivity contribution < 1.29 is 14.3 Å². The standard InChI is InChI=1S/C11H13N5O3/c1-6-9(13-5-14-10(6)18-2)16-4-7(12)8(15-16)11(17)19-3/h4-5H,12H2,1-3H3. The Hall–Kier alpha value is -2.64. The normalized spacial score (nSPS) is 10.3. The van der Waals surface area contributed by atoms with Crippen LogP contribution in [0.1, 0.15) is 16.1 Å². The lowest BCUT2D eigenvalue weighted by Crippen LogP contribution is -2.08. The van der Waals surface area contributed by atoms with Crippen LogP contribution in [0.2, 0.25) is 0 Å². The van der Waals surface area contributed by atoms with Gasteiger partial charge in [0.1, 0.15) is 6.33 Å². The van der Waals surface area contributed by atoms with Crippen molar-refractivity contribution in [2.75, 3.05) is 20.0 Å². The van der Waals surface area contributed by atoms with Gasteiger partial charge in [-0.3, -0.25) is 0 Å². The van der Waals surface area contributed by atoms with Crippen molar-refractivity contribution in [2.24, 2.45) is 0 Å². The largest absolute Gasteiger partial charge is 0.481 e. The van der Waals surface area contributed by atoms with E-state index in [0.717, 1.165) is 0 Å². The Morgan fingerprint density at radius 2 is 2.11 bits per heavy atom. The molecule has 0 aliphatic carbocycles. The highest BCUT2D eigenvalue weighted by Crippen LogP contribution is 2.21. The van der Waals surface area contributed by atoms with Crippen molar-refractivity contribution in [3.05, 3.63) is 23.8 Å². The minimum absolute atomic E-state index is 0.0412. The molecule has 2 aromatic rings. The molecule has 2 N–H and O–H groups in total. The summed E-state index contributed by atoms with van der Waals surface area (Å²) in [5.41, 5.74) is 6.65. The molecule has 2 heterocycles. The summed E-state index contributed by atoms with van der Waals surface area (Å²) in [4.78, 5) is 19.5. The molecule has 8 nitrogen and oxygen atoms in total. The average molecular weight is 263 g/mol. The van der Waals surface area contributed by atoms with Crippen LogP contribution in [0.3, 0.4) is 0 Å². The number of rotatable bonds is 3. The summed E-state index contributed by atoms with van der Waals surface area (Å²) in [6, 6.07) is 0. The topological polar surface area (TPSA) is 105 Å². The molecule has 0 aliphatic rings. The Morgan fingerprint density at radius 1 is 1.37 bits per heavy atom. The summed E-state index contributed by atoms with van der Waals surface area (Å²) in [5.74, 6) is 0.308. The Bertz CT molecular complexity index is 623. The van der Waals surface area contributed by atoms with Crippen LogP contribution in [0, 0.1) is 6.92 Å². The highest BCUT2D eigenvalue weighted by atomic mass is 16.5. The first-order valence-electron chi connectivity index (χ1n) is 5.38. The maximum Gasteiger partial charge on any atom is 0.360 e. The van der Waals surface area contributed by atoms with Gasteiger partial charge in [0, 0.05) is 0 Å². The number of methoxy groups -OCH3 is 2. The van der Waals surface area contributed by atoms with Crippen LogP contribution in [-0.4, -0.2) is 39.9 Å². The molecule has 0 atom stereocenters. The molecule has 0 radical (unpaired) electrons. The van der Waals surface area contributed by atoms with Crippen LogP contribution >= 0.6 is 0 Å². The lowest BCUT2D eigenvalue weighted by molar-refractivity contribution is 0.0594. The molecule has 0 amide bonds. The fourth-order valence-corrected chi connectivity index (χ4v) is 1.61. The monoisotopic (exact) mass is 263 g/mol. The Kier molecular flexibility index (Phi) is 3.32. The third-order valence-electron chi connectivity index (χ3n) is 2.54. The van der Waals surface area contributed by atoms with Gasteiger partial charge in [-0.25, -0.2) is 19.4 Å². The molecular formula is C11H13N5O3. The van der Waals surface area contributed by atoms with Crippen LogP contribution in [0.4, 0.5) is 5.69 Å². The van der Waals surface area contributed by atoms with Crippen molar-refractivity contribution >= 4 is 11.7 Å². The smallest absolute Gasteiger partial charge is 0.360 e. The lowest BCUT2D eigenvalue weighted by Gasteiger charge is -2.07. The number of ether oxygens (including phenoxy) is 2. The second kappa shape index (κ2) is 4.92. The summed E-state index contributed by atoms with van der Waals surface area (Å²) >= 11 is 0. The van der Waals surface area contributed by atoms with E-state index in [-0.39, 0.29) is 11.4 Å². The Labute approximate surface area is 109 Å². The first-order valence-corrected chi connectivity index (χ1v) is 5.38. The highest BCUT2D eigenvalue weighted by molar-refractivity contribution is 5.92. The van der Waals surface area contributed by atoms with E-state index in [2.05, 4.69) is 19.8 Å². The van der Waals surface area contributed by atoms with E-state index in [1.807, 2.05) is 0 Å². The van der Waals surface area contributed by atoms with Crippen LogP contribution in [-0.2, 0) is 4.74 Å². The molecule has 0 saturated heterocycles. The van der Waals surface area contributed by atoms with Gasteiger partial charge < -0.3 is 15.2 Å². The molecule has 0 bridgehead atoms. The lowest BCUT2D eigenvalue weighted by atomic mass is 10.3. The molecule has 2 rings (SSSR count). The third kappa shape index (κ3) is 2.19. The molecule has 100 valence electrons. The van der Waals surface area contributed by atoms with Crippen LogP contribution in [0.15, 0.2) is 12.5 Å². The molecule has 2 aromatic heterocycles. The number of hydrogen-bond acceptors (Lipinski definition) is 7. The second-order valence-corrected chi connectivity index (χ2v) is 3.70. The number of nitrogens with two attached hydrogens (primary N) is 1. The van der Waals surface area contributed by atoms with E-state index in [1.165, 1.54) is 31.4 Å². The zero-order valence-electron chi connectivity index (χ0n) is 10.7. The van der Waals surface area contributed by atoms with Gasteiger partial charge in [-0.2, -0.15) is 5.10 Å². The zero-order valence-corrected chi connectivity index (χ0v) is 10.7. The van der Waals surface area contributed by atoms with E-state index >= 15 is 0 Å². The quantitative estimate of drug-likeness (QED) is 0.796. The van der Waals surface area contributed by atoms with E-state index in [4.69, 9.17) is 10.5 Å². The third-order valence-corrected chi connectivity index (χ3v) is 2.54. The van der Waals surface area contributed by atoms with Crippen LogP contribution in [0.25, 0.3) is 5.82 Å². The molecule has 0 fully saturated rings. The summed E-state index contributed by atoms with van der Waals surface area (Å²) in [7, 11) is 2.77. The van der Waals surface area contributed by atoms with Crippen molar-refractivity contribution in [2.45, 2.75) is 6.92 Å². The van der Waals surface area contributed by atoms with Crippen LogP contribution in [0.5, 0.6) is 5.88 Å². The molecular weight excluding hydrogens is 250 g/mol. The summed E-state index contributed by atoms with van der Waals surface area (Å²) < 4.78 is 11.1. The minimum Gasteiger partial charge on any atom is -0.481 e. The molecule has 19 heavy (non-hydrogen) atoms. The van der Waals surface area contributed by atoms with Crippen LogP contribution < -0.4 is 10.5 Å². The van der Waals surface area contributed by atoms with Gasteiger partial charge in [0.2, 0.25) is 5.88 Å². The molecule has 0 saturated carbocycles. The number of aromatic nitrogens is 4. The number of carbonyl (C=O) groups excluding carboxylic acids is 1. The molecule has 0 unspecified atom stereocenters. The van der Waals surface area contributed by atoms with E-state index in [0.29, 0.717) is 17.3 Å². The maximum absolute atomic E-state index is 11.5. The number of esters is 1. The predicted octanol–water partition coefficient (Wildman–Crippen LogP) is 0.348. The van der Waals surface area contributed by atoms with Gasteiger partial charge in [0.25, 0.3) is 0 Å². The SMILES string of the molecule is COC(=O)c1nn(-c2ncnc(OC)c2C)cc1N. The van der Waals surface area contributed by atoms with Gasteiger partial charge in [0.05, 0.1) is 31.7 Å². The summed E-state index contributed by atoms with van der Waals surface area (Å²) in [5, 5.41) is 4.06. The molecule has 0 aliphatic heterocycles. The number of nitrogen functional groups attached to an aromatic ring is 1. The Balaban J connectivity index is 2.51. The first kappa shape index (κ1) is 12.8. The number of nitrogens with zero attached hydrogens (tertiary/aromatic N) is 4. The average Bonchev–Trinajstić information content (AvgIpc) is 2.80. The van der Waals surface area contributed by atoms with Gasteiger partial charge in [-0.05, 0) is 6.92 Å². The second-order valence-electron chi connectivity index (χ2n) is 3.70. The van der Waals surface area contributed by atoms with Gasteiger partial charge >= 0.3 is 5.97 Å². The van der Waals surface area contributed by atoms with Gasteiger partial charge in [-0.1, -0.05) is 0 Å². The first-order chi connectivity index (χ1) is 9.08.